The Morgan fingerprint density at radius 2 is 1.48 bits per heavy atom. The van der Waals surface area contributed by atoms with Crippen LogP contribution in [0.5, 0.6) is 5.75 Å². The molecule has 220 valence electrons. The van der Waals surface area contributed by atoms with Crippen LogP contribution in [-0.4, -0.2) is 47.7 Å². The second-order valence-corrected chi connectivity index (χ2v) is 9.01. The lowest BCUT2D eigenvalue weighted by molar-refractivity contribution is -0.124. The molecular weight excluding hydrogens is 587 g/mol. The molecule has 0 unspecified atom stereocenters. The van der Waals surface area contributed by atoms with Crippen LogP contribution in [-0.2, 0) is 14.3 Å². The highest BCUT2D eigenvalue weighted by Gasteiger charge is 2.46. The summed E-state index contributed by atoms with van der Waals surface area (Å²) in [7, 11) is 1.45. The van der Waals surface area contributed by atoms with E-state index in [1.165, 1.54) is 43.5 Å². The molecule has 1 saturated heterocycles. The van der Waals surface area contributed by atoms with E-state index < -0.39 is 70.1 Å². The van der Waals surface area contributed by atoms with E-state index in [4.69, 9.17) is 21.7 Å². The van der Waals surface area contributed by atoms with Gasteiger partial charge in [-0.15, -0.1) is 0 Å². The quantitative estimate of drug-likeness (QED) is 0.116. The SMILES string of the molecule is CCOC(=O)c1ccc(N2C(=O)[C@H](CC(=O)Nc3ccc(OC)cc3)N(Nc3c(F)c(F)c(F)c(F)c3F)C2=S)cc1. The molecule has 0 aromatic heterocycles. The van der Waals surface area contributed by atoms with Crippen LogP contribution in [0.25, 0.3) is 0 Å². The zero-order chi connectivity index (χ0) is 30.7. The van der Waals surface area contributed by atoms with Crippen molar-refractivity contribution >= 4 is 52.2 Å². The fourth-order valence-electron chi connectivity index (χ4n) is 3.98. The van der Waals surface area contributed by atoms with E-state index in [1.807, 2.05) is 5.43 Å². The first-order valence-electron chi connectivity index (χ1n) is 12.1. The molecule has 1 aliphatic heterocycles. The molecule has 2 N–H and O–H groups in total. The Labute approximate surface area is 240 Å². The van der Waals surface area contributed by atoms with Crippen LogP contribution in [0.1, 0.15) is 23.7 Å². The molecule has 1 heterocycles. The largest absolute Gasteiger partial charge is 0.497 e. The maximum absolute atomic E-state index is 14.5. The maximum atomic E-state index is 14.5. The molecule has 0 spiro atoms. The van der Waals surface area contributed by atoms with Gasteiger partial charge in [0.05, 0.1) is 31.4 Å². The number of nitrogens with one attached hydrogen (secondary N) is 2. The molecule has 42 heavy (non-hydrogen) atoms. The van der Waals surface area contributed by atoms with Crippen molar-refractivity contribution in [1.82, 2.24) is 5.01 Å². The third kappa shape index (κ3) is 5.81. The summed E-state index contributed by atoms with van der Waals surface area (Å²) in [6.07, 6.45) is -0.662. The summed E-state index contributed by atoms with van der Waals surface area (Å²) in [5, 5.41) is 2.72. The molecule has 1 atom stereocenters. The number of benzene rings is 3. The summed E-state index contributed by atoms with van der Waals surface area (Å²) in [5.41, 5.74) is 1.07. The molecule has 1 aliphatic rings. The monoisotopic (exact) mass is 608 g/mol. The number of thiocarbonyl (C=S) groups is 1. The number of methoxy groups -OCH3 is 1. The molecule has 0 radical (unpaired) electrons. The van der Waals surface area contributed by atoms with Gasteiger partial charge in [0, 0.05) is 5.69 Å². The minimum Gasteiger partial charge on any atom is -0.497 e. The highest BCUT2D eigenvalue weighted by molar-refractivity contribution is 7.80. The Balaban J connectivity index is 1.68. The highest BCUT2D eigenvalue weighted by Crippen LogP contribution is 2.32. The minimum atomic E-state index is -2.38. The number of carbonyl (C=O) groups is 3. The van der Waals surface area contributed by atoms with E-state index in [-0.39, 0.29) is 17.9 Å². The summed E-state index contributed by atoms with van der Waals surface area (Å²) in [5.74, 6) is -13.0. The third-order valence-corrected chi connectivity index (χ3v) is 6.42. The van der Waals surface area contributed by atoms with Gasteiger partial charge in [-0.2, -0.15) is 0 Å². The summed E-state index contributed by atoms with van der Waals surface area (Å²) in [6, 6.07) is 9.85. The van der Waals surface area contributed by atoms with E-state index >= 15 is 0 Å². The van der Waals surface area contributed by atoms with Crippen molar-refractivity contribution in [2.24, 2.45) is 0 Å². The van der Waals surface area contributed by atoms with Gasteiger partial charge >= 0.3 is 5.97 Å². The average molecular weight is 609 g/mol. The lowest BCUT2D eigenvalue weighted by atomic mass is 10.1. The Morgan fingerprint density at radius 1 is 0.905 bits per heavy atom. The number of hydrazine groups is 1. The molecule has 3 aromatic carbocycles. The van der Waals surface area contributed by atoms with Gasteiger partial charge < -0.3 is 14.8 Å². The third-order valence-electron chi connectivity index (χ3n) is 6.05. The number of hydrogen-bond acceptors (Lipinski definition) is 7. The van der Waals surface area contributed by atoms with Crippen molar-refractivity contribution in [3.05, 3.63) is 83.2 Å². The van der Waals surface area contributed by atoms with Crippen LogP contribution < -0.4 is 20.4 Å². The molecule has 0 saturated carbocycles. The van der Waals surface area contributed by atoms with Gasteiger partial charge in [-0.3, -0.25) is 19.9 Å². The zero-order valence-electron chi connectivity index (χ0n) is 21.8. The van der Waals surface area contributed by atoms with Gasteiger partial charge in [0.25, 0.3) is 5.91 Å². The van der Waals surface area contributed by atoms with Crippen LogP contribution >= 0.6 is 12.2 Å². The van der Waals surface area contributed by atoms with Crippen LogP contribution in [0.2, 0.25) is 0 Å². The maximum Gasteiger partial charge on any atom is 0.338 e. The molecule has 1 fully saturated rings. The zero-order valence-corrected chi connectivity index (χ0v) is 22.7. The first-order valence-corrected chi connectivity index (χ1v) is 12.6. The number of esters is 1. The van der Waals surface area contributed by atoms with Crippen molar-refractivity contribution in [2.75, 3.05) is 29.4 Å². The van der Waals surface area contributed by atoms with Gasteiger partial charge in [-0.05, 0) is 67.7 Å². The van der Waals surface area contributed by atoms with Crippen molar-refractivity contribution in [1.29, 1.82) is 0 Å². The highest BCUT2D eigenvalue weighted by atomic mass is 32.1. The van der Waals surface area contributed by atoms with Crippen molar-refractivity contribution in [3.8, 4) is 5.75 Å². The fraction of sp³-hybridized carbons (Fsp3) is 0.185. The number of nitrogens with zero attached hydrogens (tertiary/aromatic N) is 2. The Kier molecular flexibility index (Phi) is 8.90. The standard InChI is InChI=1S/C27H21F5N4O5S/c1-3-41-26(39)13-4-8-15(9-5-13)35-25(38)17(12-18(37)33-14-6-10-16(40-2)11-7-14)36(27(35)42)34-24-22(31)20(29)19(28)21(30)23(24)32/h4-11,17,34H,3,12H2,1-2H3,(H,33,37)/t17-/m0/s1. The predicted molar refractivity (Wildman–Crippen MR) is 144 cm³/mol. The summed E-state index contributed by atoms with van der Waals surface area (Å²) in [4.78, 5) is 39.3. The number of hydrogen-bond donors (Lipinski definition) is 2. The van der Waals surface area contributed by atoms with Gasteiger partial charge in [-0.1, -0.05) is 0 Å². The second-order valence-electron chi connectivity index (χ2n) is 8.65. The summed E-state index contributed by atoms with van der Waals surface area (Å²) < 4.78 is 80.5. The Hall–Kier alpha value is -4.79. The number of anilines is 3. The topological polar surface area (TPSA) is 100 Å². The average Bonchev–Trinajstić information content (AvgIpc) is 3.21. The number of rotatable bonds is 9. The summed E-state index contributed by atoms with van der Waals surface area (Å²) in [6.45, 7) is 1.73. The first kappa shape index (κ1) is 30.2. The Morgan fingerprint density at radius 3 is 2.02 bits per heavy atom. The number of carbonyl (C=O) groups excluding carboxylic acids is 3. The van der Waals surface area contributed by atoms with E-state index in [0.29, 0.717) is 16.4 Å². The number of ether oxygens (including phenoxy) is 2. The van der Waals surface area contributed by atoms with E-state index in [2.05, 4.69) is 5.32 Å². The van der Waals surface area contributed by atoms with Gasteiger partial charge in [0.1, 0.15) is 17.5 Å². The smallest absolute Gasteiger partial charge is 0.338 e. The van der Waals surface area contributed by atoms with E-state index in [9.17, 15) is 36.3 Å². The first-order chi connectivity index (χ1) is 20.0. The lowest BCUT2D eigenvalue weighted by Crippen LogP contribution is -2.42. The molecule has 0 aliphatic carbocycles. The van der Waals surface area contributed by atoms with Crippen molar-refractivity contribution in [3.63, 3.8) is 0 Å². The van der Waals surface area contributed by atoms with Crippen LogP contribution in [0.4, 0.5) is 39.0 Å². The van der Waals surface area contributed by atoms with Crippen molar-refractivity contribution < 1.29 is 45.8 Å². The fourth-order valence-corrected chi connectivity index (χ4v) is 4.35. The molecule has 3 aromatic rings. The van der Waals surface area contributed by atoms with Crippen LogP contribution in [0.3, 0.4) is 0 Å². The molecule has 2 amide bonds. The summed E-state index contributed by atoms with van der Waals surface area (Å²) >= 11 is 5.34. The van der Waals surface area contributed by atoms with E-state index in [0.717, 1.165) is 4.90 Å². The van der Waals surface area contributed by atoms with Gasteiger partial charge in [0.15, 0.2) is 23.3 Å². The van der Waals surface area contributed by atoms with Crippen LogP contribution in [0, 0.1) is 29.1 Å². The molecule has 4 rings (SSSR count). The minimum absolute atomic E-state index is 0.0836. The lowest BCUT2D eigenvalue weighted by Gasteiger charge is -2.26. The van der Waals surface area contributed by atoms with Crippen molar-refractivity contribution in [2.45, 2.75) is 19.4 Å². The van der Waals surface area contributed by atoms with Gasteiger partial charge in [-0.25, -0.2) is 31.8 Å². The predicted octanol–water partition coefficient (Wildman–Crippen LogP) is 4.93. The van der Waals surface area contributed by atoms with Gasteiger partial charge in [0.2, 0.25) is 16.8 Å². The molecule has 0 bridgehead atoms. The number of amides is 2. The molecule has 15 heteroatoms. The van der Waals surface area contributed by atoms with E-state index in [1.54, 1.807) is 19.1 Å². The normalized spacial score (nSPS) is 14.7. The molecule has 9 nitrogen and oxygen atoms in total. The molecular formula is C27H21F5N4O5S. The van der Waals surface area contributed by atoms with Crippen LogP contribution in [0.15, 0.2) is 48.5 Å². The second kappa shape index (κ2) is 12.4. The Bertz CT molecular complexity index is 1530. The number of halogens is 5.